The van der Waals surface area contributed by atoms with Crippen LogP contribution in [0.1, 0.15) is 18.7 Å². The number of nitrogens with two attached hydrogens (primary N) is 1. The van der Waals surface area contributed by atoms with Gasteiger partial charge in [-0.05, 0) is 24.6 Å². The molecule has 1 aromatic heterocycles. The van der Waals surface area contributed by atoms with Crippen LogP contribution in [0.25, 0.3) is 11.1 Å². The molecule has 0 saturated heterocycles. The van der Waals surface area contributed by atoms with Crippen LogP contribution in [-0.4, -0.2) is 10.2 Å². The summed E-state index contributed by atoms with van der Waals surface area (Å²) in [6.45, 7) is 1.94. The van der Waals surface area contributed by atoms with E-state index in [0.717, 1.165) is 21.3 Å². The molecule has 4 heteroatoms. The van der Waals surface area contributed by atoms with Crippen molar-refractivity contribution in [1.82, 2.24) is 10.2 Å². The third-order valence-corrected chi connectivity index (χ3v) is 2.75. The molecular weight excluding hydrogens is 254 g/mol. The van der Waals surface area contributed by atoms with E-state index in [4.69, 9.17) is 5.73 Å². The Balaban J connectivity index is 2.49. The molecule has 78 valence electrons. The Morgan fingerprint density at radius 2 is 2.27 bits per heavy atom. The van der Waals surface area contributed by atoms with Gasteiger partial charge in [0, 0.05) is 16.1 Å². The largest absolute Gasteiger partial charge is 0.323 e. The first-order valence-electron chi connectivity index (χ1n) is 4.73. The van der Waals surface area contributed by atoms with E-state index in [1.165, 1.54) is 0 Å². The van der Waals surface area contributed by atoms with Crippen LogP contribution in [-0.2, 0) is 0 Å². The Hall–Kier alpha value is -1.13. The molecule has 2 aromatic rings. The van der Waals surface area contributed by atoms with Crippen LogP contribution < -0.4 is 5.73 Å². The zero-order chi connectivity index (χ0) is 10.8. The number of H-pyrrole nitrogens is 1. The van der Waals surface area contributed by atoms with E-state index in [1.54, 1.807) is 6.20 Å². The second-order valence-electron chi connectivity index (χ2n) is 3.50. The van der Waals surface area contributed by atoms with Gasteiger partial charge < -0.3 is 5.73 Å². The predicted octanol–water partition coefficient (Wildman–Crippen LogP) is 2.86. The van der Waals surface area contributed by atoms with Crippen molar-refractivity contribution in [2.75, 3.05) is 0 Å². The van der Waals surface area contributed by atoms with Crippen molar-refractivity contribution in [1.29, 1.82) is 0 Å². The van der Waals surface area contributed by atoms with Gasteiger partial charge in [-0.1, -0.05) is 28.1 Å². The molecule has 0 spiro atoms. The fraction of sp³-hybridized carbons (Fsp3) is 0.182. The van der Waals surface area contributed by atoms with Crippen molar-refractivity contribution in [3.05, 3.63) is 40.6 Å². The number of halogens is 1. The molecule has 1 unspecified atom stereocenters. The standard InChI is InChI=1S/C11H12BrN3/c1-7(13)11-10(6-14-15-11)8-3-2-4-9(12)5-8/h2-7H,13H2,1H3,(H,14,15). The molecule has 0 fully saturated rings. The summed E-state index contributed by atoms with van der Waals surface area (Å²) in [5, 5.41) is 6.96. The molecular formula is C11H12BrN3. The van der Waals surface area contributed by atoms with Gasteiger partial charge in [0.05, 0.1) is 11.9 Å². The smallest absolute Gasteiger partial charge is 0.0594 e. The van der Waals surface area contributed by atoms with E-state index in [-0.39, 0.29) is 6.04 Å². The van der Waals surface area contributed by atoms with Gasteiger partial charge in [0.25, 0.3) is 0 Å². The highest BCUT2D eigenvalue weighted by atomic mass is 79.9. The summed E-state index contributed by atoms with van der Waals surface area (Å²) < 4.78 is 1.05. The summed E-state index contributed by atoms with van der Waals surface area (Å²) in [7, 11) is 0. The molecule has 0 radical (unpaired) electrons. The highest BCUT2D eigenvalue weighted by Crippen LogP contribution is 2.27. The minimum absolute atomic E-state index is 0.0403. The molecule has 0 amide bonds. The van der Waals surface area contributed by atoms with Crippen LogP contribution in [0.15, 0.2) is 34.9 Å². The van der Waals surface area contributed by atoms with E-state index >= 15 is 0 Å². The van der Waals surface area contributed by atoms with Crippen LogP contribution in [0.2, 0.25) is 0 Å². The van der Waals surface area contributed by atoms with Crippen molar-refractivity contribution in [3.8, 4) is 11.1 Å². The third kappa shape index (κ3) is 2.11. The second-order valence-corrected chi connectivity index (χ2v) is 4.41. The molecule has 0 aliphatic carbocycles. The lowest BCUT2D eigenvalue weighted by Gasteiger charge is -2.06. The lowest BCUT2D eigenvalue weighted by atomic mass is 10.0. The molecule has 15 heavy (non-hydrogen) atoms. The monoisotopic (exact) mass is 265 g/mol. The Morgan fingerprint density at radius 3 is 2.93 bits per heavy atom. The Labute approximate surface area is 96.8 Å². The van der Waals surface area contributed by atoms with Crippen LogP contribution in [0.5, 0.6) is 0 Å². The highest BCUT2D eigenvalue weighted by Gasteiger charge is 2.10. The summed E-state index contributed by atoms with van der Waals surface area (Å²) in [4.78, 5) is 0. The summed E-state index contributed by atoms with van der Waals surface area (Å²) in [6.07, 6.45) is 1.81. The van der Waals surface area contributed by atoms with Gasteiger partial charge in [-0.2, -0.15) is 5.10 Å². The minimum Gasteiger partial charge on any atom is -0.323 e. The van der Waals surface area contributed by atoms with Crippen molar-refractivity contribution in [2.24, 2.45) is 5.73 Å². The van der Waals surface area contributed by atoms with Gasteiger partial charge in [-0.15, -0.1) is 0 Å². The van der Waals surface area contributed by atoms with Crippen molar-refractivity contribution in [2.45, 2.75) is 13.0 Å². The first-order valence-corrected chi connectivity index (χ1v) is 5.52. The predicted molar refractivity (Wildman–Crippen MR) is 64.3 cm³/mol. The van der Waals surface area contributed by atoms with Gasteiger partial charge in [-0.25, -0.2) is 0 Å². The SMILES string of the molecule is CC(N)c1[nH]ncc1-c1cccc(Br)c1. The molecule has 1 heterocycles. The zero-order valence-corrected chi connectivity index (χ0v) is 9.95. The molecule has 0 bridgehead atoms. The van der Waals surface area contributed by atoms with E-state index < -0.39 is 0 Å². The van der Waals surface area contributed by atoms with E-state index in [2.05, 4.69) is 32.2 Å². The summed E-state index contributed by atoms with van der Waals surface area (Å²) in [5.41, 5.74) is 8.99. The van der Waals surface area contributed by atoms with Gasteiger partial charge >= 0.3 is 0 Å². The number of hydrogen-bond donors (Lipinski definition) is 2. The maximum Gasteiger partial charge on any atom is 0.0594 e. The Morgan fingerprint density at radius 1 is 1.47 bits per heavy atom. The number of aromatic nitrogens is 2. The summed E-state index contributed by atoms with van der Waals surface area (Å²) in [6, 6.07) is 8.05. The Bertz CT molecular complexity index is 462. The number of hydrogen-bond acceptors (Lipinski definition) is 2. The molecule has 2 rings (SSSR count). The quantitative estimate of drug-likeness (QED) is 0.878. The molecule has 0 aliphatic heterocycles. The number of nitrogens with zero attached hydrogens (tertiary/aromatic N) is 1. The number of benzene rings is 1. The first-order chi connectivity index (χ1) is 7.18. The van der Waals surface area contributed by atoms with Crippen LogP contribution >= 0.6 is 15.9 Å². The van der Waals surface area contributed by atoms with Crippen molar-refractivity contribution < 1.29 is 0 Å². The van der Waals surface area contributed by atoms with E-state index in [1.807, 2.05) is 25.1 Å². The molecule has 1 aromatic carbocycles. The van der Waals surface area contributed by atoms with Gasteiger partial charge in [0.15, 0.2) is 0 Å². The maximum absolute atomic E-state index is 5.85. The molecule has 0 aliphatic rings. The third-order valence-electron chi connectivity index (χ3n) is 2.26. The van der Waals surface area contributed by atoms with Gasteiger partial charge in [0.2, 0.25) is 0 Å². The first kappa shape index (κ1) is 10.4. The van der Waals surface area contributed by atoms with Crippen LogP contribution in [0.4, 0.5) is 0 Å². The molecule has 1 atom stereocenters. The zero-order valence-electron chi connectivity index (χ0n) is 8.37. The van der Waals surface area contributed by atoms with Crippen molar-refractivity contribution in [3.63, 3.8) is 0 Å². The fourth-order valence-electron chi connectivity index (χ4n) is 1.53. The molecule has 3 nitrogen and oxygen atoms in total. The van der Waals surface area contributed by atoms with Crippen molar-refractivity contribution >= 4 is 15.9 Å². The van der Waals surface area contributed by atoms with Crippen LogP contribution in [0.3, 0.4) is 0 Å². The number of aromatic amines is 1. The Kier molecular flexibility index (Phi) is 2.88. The number of nitrogens with one attached hydrogen (secondary N) is 1. The minimum atomic E-state index is -0.0403. The molecule has 0 saturated carbocycles. The lowest BCUT2D eigenvalue weighted by Crippen LogP contribution is -2.06. The van der Waals surface area contributed by atoms with E-state index in [0.29, 0.717) is 0 Å². The van der Waals surface area contributed by atoms with Crippen LogP contribution in [0, 0.1) is 0 Å². The lowest BCUT2D eigenvalue weighted by molar-refractivity contribution is 0.774. The average molecular weight is 266 g/mol. The topological polar surface area (TPSA) is 54.7 Å². The molecule has 3 N–H and O–H groups in total. The normalized spacial score (nSPS) is 12.7. The maximum atomic E-state index is 5.85. The average Bonchev–Trinajstić information content (AvgIpc) is 2.65. The summed E-state index contributed by atoms with van der Waals surface area (Å²) >= 11 is 3.45. The summed E-state index contributed by atoms with van der Waals surface area (Å²) in [5.74, 6) is 0. The van der Waals surface area contributed by atoms with Gasteiger partial charge in [0.1, 0.15) is 0 Å². The van der Waals surface area contributed by atoms with Gasteiger partial charge in [-0.3, -0.25) is 5.10 Å². The fourth-order valence-corrected chi connectivity index (χ4v) is 1.93. The van der Waals surface area contributed by atoms with E-state index in [9.17, 15) is 0 Å². The highest BCUT2D eigenvalue weighted by molar-refractivity contribution is 9.10. The number of rotatable bonds is 2. The second kappa shape index (κ2) is 4.16.